The molecule has 1 atom stereocenters. The predicted molar refractivity (Wildman–Crippen MR) is 72.0 cm³/mol. The van der Waals surface area contributed by atoms with Crippen LogP contribution in [0, 0.1) is 11.6 Å². The summed E-state index contributed by atoms with van der Waals surface area (Å²) < 4.78 is 28.4. The monoisotopic (exact) mass is 291 g/mol. The Kier molecular flexibility index (Phi) is 3.02. The molecule has 0 saturated heterocycles. The van der Waals surface area contributed by atoms with E-state index in [-0.39, 0.29) is 16.7 Å². The van der Waals surface area contributed by atoms with Gasteiger partial charge in [-0.15, -0.1) is 0 Å². The third kappa shape index (κ3) is 2.00. The van der Waals surface area contributed by atoms with E-state index in [9.17, 15) is 13.6 Å². The highest BCUT2D eigenvalue weighted by Crippen LogP contribution is 2.19. The summed E-state index contributed by atoms with van der Waals surface area (Å²) in [6.07, 6.45) is 1.46. The minimum Gasteiger partial charge on any atom is -0.322 e. The first-order valence-electron chi connectivity index (χ1n) is 6.16. The third-order valence-electron chi connectivity index (χ3n) is 3.09. The standard InChI is InChI=1S/C13H11F2N5O/c1-6(16)12-18-11-7(2-3-8(14)10(11)15)13(21)20(12)9-4-5-17-19-9/h2-6H,16H2,1H3,(H,17,19)/t6-/m0/s1. The highest BCUT2D eigenvalue weighted by molar-refractivity contribution is 5.78. The van der Waals surface area contributed by atoms with E-state index < -0.39 is 23.2 Å². The number of hydrogen-bond donors (Lipinski definition) is 2. The molecule has 0 aliphatic heterocycles. The van der Waals surface area contributed by atoms with Crippen molar-refractivity contribution in [2.75, 3.05) is 0 Å². The van der Waals surface area contributed by atoms with Crippen LogP contribution in [0.15, 0.2) is 29.2 Å². The van der Waals surface area contributed by atoms with E-state index in [1.54, 1.807) is 13.0 Å². The van der Waals surface area contributed by atoms with Crippen LogP contribution in [-0.4, -0.2) is 19.7 Å². The van der Waals surface area contributed by atoms with Crippen LogP contribution >= 0.6 is 0 Å². The lowest BCUT2D eigenvalue weighted by Crippen LogP contribution is -2.28. The highest BCUT2D eigenvalue weighted by Gasteiger charge is 2.19. The van der Waals surface area contributed by atoms with Crippen molar-refractivity contribution in [2.45, 2.75) is 13.0 Å². The second-order valence-electron chi connectivity index (χ2n) is 4.60. The third-order valence-corrected chi connectivity index (χ3v) is 3.09. The molecule has 8 heteroatoms. The lowest BCUT2D eigenvalue weighted by atomic mass is 10.2. The van der Waals surface area contributed by atoms with Gasteiger partial charge in [0.2, 0.25) is 0 Å². The Balaban J connectivity index is 2.48. The molecule has 1 aromatic carbocycles. The second-order valence-corrected chi connectivity index (χ2v) is 4.60. The smallest absolute Gasteiger partial charge is 0.267 e. The Hall–Kier alpha value is -2.61. The average Bonchev–Trinajstić information content (AvgIpc) is 2.96. The molecule has 0 saturated carbocycles. The SMILES string of the molecule is C[C@H](N)c1nc2c(F)c(F)ccc2c(=O)n1-c1ccn[nH]1. The highest BCUT2D eigenvalue weighted by atomic mass is 19.2. The molecule has 2 aromatic heterocycles. The molecule has 0 spiro atoms. The zero-order valence-electron chi connectivity index (χ0n) is 11.0. The molecular formula is C13H11F2N5O. The van der Waals surface area contributed by atoms with Gasteiger partial charge < -0.3 is 5.73 Å². The summed E-state index contributed by atoms with van der Waals surface area (Å²) in [4.78, 5) is 16.6. The number of nitrogens with one attached hydrogen (secondary N) is 1. The van der Waals surface area contributed by atoms with Crippen molar-refractivity contribution < 1.29 is 8.78 Å². The number of rotatable bonds is 2. The fourth-order valence-corrected chi connectivity index (χ4v) is 2.12. The number of halogens is 2. The number of nitrogens with two attached hydrogens (primary N) is 1. The second kappa shape index (κ2) is 4.74. The largest absolute Gasteiger partial charge is 0.322 e. The molecule has 21 heavy (non-hydrogen) atoms. The Labute approximate surface area is 117 Å². The molecule has 0 bridgehead atoms. The lowest BCUT2D eigenvalue weighted by Gasteiger charge is -2.14. The number of benzene rings is 1. The maximum absolute atomic E-state index is 13.8. The number of fused-ring (bicyclic) bond motifs is 1. The number of hydrogen-bond acceptors (Lipinski definition) is 4. The first kappa shape index (κ1) is 13.4. The van der Waals surface area contributed by atoms with Crippen LogP contribution in [0.1, 0.15) is 18.8 Å². The Bertz CT molecular complexity index is 870. The molecule has 3 aromatic rings. The van der Waals surface area contributed by atoms with E-state index in [0.29, 0.717) is 5.82 Å². The molecule has 3 N–H and O–H groups in total. The lowest BCUT2D eigenvalue weighted by molar-refractivity contribution is 0.514. The maximum Gasteiger partial charge on any atom is 0.267 e. The van der Waals surface area contributed by atoms with Gasteiger partial charge in [0.25, 0.3) is 5.56 Å². The van der Waals surface area contributed by atoms with Crippen LogP contribution in [0.4, 0.5) is 8.78 Å². The summed E-state index contributed by atoms with van der Waals surface area (Å²) in [6, 6.07) is 2.98. The molecule has 2 heterocycles. The average molecular weight is 291 g/mol. The fraction of sp³-hybridized carbons (Fsp3) is 0.154. The Morgan fingerprint density at radius 3 is 2.71 bits per heavy atom. The summed E-state index contributed by atoms with van der Waals surface area (Å²) >= 11 is 0. The van der Waals surface area contributed by atoms with Crippen LogP contribution in [0.25, 0.3) is 16.7 Å². The van der Waals surface area contributed by atoms with Gasteiger partial charge in [0.15, 0.2) is 11.6 Å². The predicted octanol–water partition coefficient (Wildman–Crippen LogP) is 1.41. The summed E-state index contributed by atoms with van der Waals surface area (Å²) in [6.45, 7) is 1.59. The molecule has 3 rings (SSSR count). The van der Waals surface area contributed by atoms with Crippen molar-refractivity contribution in [2.24, 2.45) is 5.73 Å². The van der Waals surface area contributed by atoms with Crippen molar-refractivity contribution in [3.8, 4) is 5.82 Å². The van der Waals surface area contributed by atoms with Crippen LogP contribution < -0.4 is 11.3 Å². The number of aromatic amines is 1. The van der Waals surface area contributed by atoms with E-state index in [1.807, 2.05) is 0 Å². The summed E-state index contributed by atoms with van der Waals surface area (Å²) in [5, 5.41) is 6.36. The van der Waals surface area contributed by atoms with Crippen molar-refractivity contribution in [1.82, 2.24) is 19.7 Å². The zero-order chi connectivity index (χ0) is 15.1. The molecule has 0 aliphatic carbocycles. The normalized spacial score (nSPS) is 12.8. The molecule has 0 aliphatic rings. The van der Waals surface area contributed by atoms with Crippen LogP contribution in [-0.2, 0) is 0 Å². The maximum atomic E-state index is 13.8. The Morgan fingerprint density at radius 1 is 1.33 bits per heavy atom. The first-order valence-corrected chi connectivity index (χ1v) is 6.16. The molecule has 0 amide bonds. The van der Waals surface area contributed by atoms with Gasteiger partial charge >= 0.3 is 0 Å². The first-order chi connectivity index (χ1) is 10.0. The summed E-state index contributed by atoms with van der Waals surface area (Å²) in [5.74, 6) is -1.76. The van der Waals surface area contributed by atoms with Gasteiger partial charge in [0.1, 0.15) is 17.2 Å². The molecule has 0 radical (unpaired) electrons. The summed E-state index contributed by atoms with van der Waals surface area (Å²) in [7, 11) is 0. The number of H-pyrrole nitrogens is 1. The van der Waals surface area contributed by atoms with Gasteiger partial charge in [0.05, 0.1) is 17.6 Å². The van der Waals surface area contributed by atoms with Crippen molar-refractivity contribution >= 4 is 10.9 Å². The van der Waals surface area contributed by atoms with Crippen LogP contribution in [0.5, 0.6) is 0 Å². The van der Waals surface area contributed by atoms with E-state index in [0.717, 1.165) is 6.07 Å². The quantitative estimate of drug-likeness (QED) is 0.747. The minimum absolute atomic E-state index is 0.0344. The summed E-state index contributed by atoms with van der Waals surface area (Å²) in [5.41, 5.74) is 4.92. The van der Waals surface area contributed by atoms with Gasteiger partial charge in [0, 0.05) is 6.07 Å². The number of nitrogens with zero attached hydrogens (tertiary/aromatic N) is 3. The van der Waals surface area contributed by atoms with Gasteiger partial charge in [-0.05, 0) is 19.1 Å². The molecule has 0 unspecified atom stereocenters. The van der Waals surface area contributed by atoms with Gasteiger partial charge in [-0.2, -0.15) is 5.10 Å². The topological polar surface area (TPSA) is 89.6 Å². The van der Waals surface area contributed by atoms with E-state index in [4.69, 9.17) is 5.73 Å². The van der Waals surface area contributed by atoms with Crippen LogP contribution in [0.3, 0.4) is 0 Å². The minimum atomic E-state index is -1.16. The fourth-order valence-electron chi connectivity index (χ4n) is 2.12. The van der Waals surface area contributed by atoms with Gasteiger partial charge in [-0.1, -0.05) is 0 Å². The van der Waals surface area contributed by atoms with Crippen molar-refractivity contribution in [3.63, 3.8) is 0 Å². The Morgan fingerprint density at radius 2 is 2.10 bits per heavy atom. The van der Waals surface area contributed by atoms with E-state index in [2.05, 4.69) is 15.2 Å². The van der Waals surface area contributed by atoms with Crippen LogP contribution in [0.2, 0.25) is 0 Å². The molecule has 108 valence electrons. The zero-order valence-corrected chi connectivity index (χ0v) is 11.0. The van der Waals surface area contributed by atoms with Crippen molar-refractivity contribution in [3.05, 3.63) is 52.2 Å². The number of aromatic nitrogens is 4. The molecular weight excluding hydrogens is 280 g/mol. The van der Waals surface area contributed by atoms with Gasteiger partial charge in [-0.25, -0.2) is 18.3 Å². The van der Waals surface area contributed by atoms with Gasteiger partial charge in [-0.3, -0.25) is 9.89 Å². The van der Waals surface area contributed by atoms with E-state index >= 15 is 0 Å². The molecule has 0 fully saturated rings. The van der Waals surface area contributed by atoms with E-state index in [1.165, 1.54) is 16.8 Å². The van der Waals surface area contributed by atoms with Crippen molar-refractivity contribution in [1.29, 1.82) is 0 Å². The molecule has 6 nitrogen and oxygen atoms in total.